The average molecular weight is 737 g/mol. The first-order valence-corrected chi connectivity index (χ1v) is 18.0. The standard InChI is InChI=1S/C37H41ClN4O8S/c1-6-26(3)39-37(44)34(20-27-11-8-7-9-12-27)40(23-28-13-10-14-30(19-28)49-4)36(43)24-41(33-21-29(38)16-18-35(33)50-5)51(47,48)31-17-15-25(2)32(22-31)42(45)46/h7-19,21-22,26,34H,6,20,23-24H2,1-5H3,(H,39,44)/t26-,34-/m1/s1. The second kappa shape index (κ2) is 17.2. The van der Waals surface area contributed by atoms with Crippen LogP contribution in [0.2, 0.25) is 5.02 Å². The van der Waals surface area contributed by atoms with Crippen molar-refractivity contribution in [1.29, 1.82) is 0 Å². The van der Waals surface area contributed by atoms with Crippen molar-refractivity contribution >= 4 is 44.8 Å². The van der Waals surface area contributed by atoms with Crippen LogP contribution in [0, 0.1) is 17.0 Å². The summed E-state index contributed by atoms with van der Waals surface area (Å²) in [5.74, 6) is -0.553. The van der Waals surface area contributed by atoms with Crippen molar-refractivity contribution in [2.24, 2.45) is 0 Å². The van der Waals surface area contributed by atoms with E-state index in [1.807, 2.05) is 44.2 Å². The summed E-state index contributed by atoms with van der Waals surface area (Å²) < 4.78 is 40.7. The monoisotopic (exact) mass is 736 g/mol. The van der Waals surface area contributed by atoms with Gasteiger partial charge in [0.15, 0.2) is 0 Å². The van der Waals surface area contributed by atoms with Crippen molar-refractivity contribution in [2.75, 3.05) is 25.1 Å². The topological polar surface area (TPSA) is 148 Å². The highest BCUT2D eigenvalue weighted by molar-refractivity contribution is 7.92. The predicted molar refractivity (Wildman–Crippen MR) is 196 cm³/mol. The summed E-state index contributed by atoms with van der Waals surface area (Å²) in [5, 5.41) is 15.0. The summed E-state index contributed by atoms with van der Waals surface area (Å²) in [6.07, 6.45) is 0.757. The first kappa shape index (κ1) is 38.7. The number of ether oxygens (including phenoxy) is 2. The third kappa shape index (κ3) is 9.56. The molecule has 0 bridgehead atoms. The van der Waals surface area contributed by atoms with E-state index in [0.717, 1.165) is 15.9 Å². The van der Waals surface area contributed by atoms with E-state index in [9.17, 15) is 28.1 Å². The molecule has 0 aliphatic rings. The van der Waals surface area contributed by atoms with Gasteiger partial charge in [-0.3, -0.25) is 24.0 Å². The van der Waals surface area contributed by atoms with E-state index in [1.54, 1.807) is 24.3 Å². The lowest BCUT2D eigenvalue weighted by atomic mass is 10.0. The minimum Gasteiger partial charge on any atom is -0.497 e. The molecular weight excluding hydrogens is 696 g/mol. The van der Waals surface area contributed by atoms with Crippen LogP contribution < -0.4 is 19.1 Å². The number of halogens is 1. The molecule has 0 aromatic heterocycles. The second-order valence-corrected chi connectivity index (χ2v) is 14.2. The van der Waals surface area contributed by atoms with E-state index in [2.05, 4.69) is 5.32 Å². The molecule has 0 radical (unpaired) electrons. The summed E-state index contributed by atoms with van der Waals surface area (Å²) in [5.41, 5.74) is 1.16. The normalized spacial score (nSPS) is 12.4. The Bertz CT molecular complexity index is 1980. The van der Waals surface area contributed by atoms with Crippen LogP contribution in [0.5, 0.6) is 11.5 Å². The summed E-state index contributed by atoms with van der Waals surface area (Å²) in [6, 6.07) is 22.7. The molecule has 0 aliphatic carbocycles. The molecule has 14 heteroatoms. The molecule has 0 fully saturated rings. The molecule has 4 aromatic carbocycles. The number of hydrogen-bond donors (Lipinski definition) is 1. The van der Waals surface area contributed by atoms with Crippen LogP contribution in [0.1, 0.15) is 37.0 Å². The number of benzene rings is 4. The van der Waals surface area contributed by atoms with Gasteiger partial charge >= 0.3 is 0 Å². The molecule has 4 rings (SSSR count). The zero-order chi connectivity index (χ0) is 37.3. The Hall–Kier alpha value is -5.14. The number of hydrogen-bond acceptors (Lipinski definition) is 8. The molecule has 0 spiro atoms. The van der Waals surface area contributed by atoms with Crippen LogP contribution in [0.4, 0.5) is 11.4 Å². The smallest absolute Gasteiger partial charge is 0.273 e. The highest BCUT2D eigenvalue weighted by Gasteiger charge is 2.36. The van der Waals surface area contributed by atoms with Gasteiger partial charge in [0, 0.05) is 35.7 Å². The number of sulfonamides is 1. The highest BCUT2D eigenvalue weighted by Crippen LogP contribution is 2.36. The summed E-state index contributed by atoms with van der Waals surface area (Å²) >= 11 is 6.35. The lowest BCUT2D eigenvalue weighted by Gasteiger charge is -2.34. The largest absolute Gasteiger partial charge is 0.497 e. The molecular formula is C37H41ClN4O8S. The summed E-state index contributed by atoms with van der Waals surface area (Å²) in [4.78, 5) is 40.9. The number of rotatable bonds is 16. The van der Waals surface area contributed by atoms with Gasteiger partial charge in [0.1, 0.15) is 24.1 Å². The molecule has 2 amide bonds. The van der Waals surface area contributed by atoms with Crippen molar-refractivity contribution in [2.45, 2.75) is 57.1 Å². The number of nitro benzene ring substituents is 1. The SMILES string of the molecule is CC[C@@H](C)NC(=O)[C@@H](Cc1ccccc1)N(Cc1cccc(OC)c1)C(=O)CN(c1cc(Cl)ccc1OC)S(=O)(=O)c1ccc(C)c([N+](=O)[O-])c1. The molecule has 0 saturated carbocycles. The highest BCUT2D eigenvalue weighted by atomic mass is 35.5. The first-order chi connectivity index (χ1) is 24.3. The van der Waals surface area contributed by atoms with Crippen LogP contribution in [0.25, 0.3) is 0 Å². The number of carbonyl (C=O) groups excluding carboxylic acids is 2. The Morgan fingerprint density at radius 1 is 0.941 bits per heavy atom. The lowest BCUT2D eigenvalue weighted by Crippen LogP contribution is -2.54. The van der Waals surface area contributed by atoms with Crippen LogP contribution in [-0.2, 0) is 32.6 Å². The molecule has 0 heterocycles. The van der Waals surface area contributed by atoms with E-state index >= 15 is 0 Å². The van der Waals surface area contributed by atoms with Gasteiger partial charge in [-0.25, -0.2) is 8.42 Å². The van der Waals surface area contributed by atoms with E-state index in [-0.39, 0.29) is 41.0 Å². The average Bonchev–Trinajstić information content (AvgIpc) is 3.12. The molecule has 1 N–H and O–H groups in total. The van der Waals surface area contributed by atoms with Crippen LogP contribution in [0.15, 0.2) is 95.9 Å². The fraction of sp³-hybridized carbons (Fsp3) is 0.297. The maximum atomic E-state index is 14.8. The van der Waals surface area contributed by atoms with Gasteiger partial charge in [0.05, 0.1) is 29.7 Å². The van der Waals surface area contributed by atoms with Gasteiger partial charge < -0.3 is 19.7 Å². The van der Waals surface area contributed by atoms with Crippen LogP contribution in [-0.4, -0.2) is 62.9 Å². The van der Waals surface area contributed by atoms with Crippen LogP contribution in [0.3, 0.4) is 0 Å². The molecule has 270 valence electrons. The molecule has 12 nitrogen and oxygen atoms in total. The number of nitrogens with zero attached hydrogens (tertiary/aromatic N) is 3. The maximum absolute atomic E-state index is 14.8. The Kier molecular flexibility index (Phi) is 13.0. The summed E-state index contributed by atoms with van der Waals surface area (Å²) in [6.45, 7) is 4.37. The molecule has 4 aromatic rings. The number of anilines is 1. The van der Waals surface area contributed by atoms with Crippen LogP contribution >= 0.6 is 11.6 Å². The van der Waals surface area contributed by atoms with Crippen molar-refractivity contribution in [1.82, 2.24) is 10.2 Å². The maximum Gasteiger partial charge on any atom is 0.273 e. The first-order valence-electron chi connectivity index (χ1n) is 16.2. The molecule has 0 aliphatic heterocycles. The number of methoxy groups -OCH3 is 2. The number of carbonyl (C=O) groups is 2. The van der Waals surface area contributed by atoms with Gasteiger partial charge in [0.2, 0.25) is 11.8 Å². The fourth-order valence-corrected chi connectivity index (χ4v) is 7.01. The Labute approximate surface area is 303 Å². The number of aryl methyl sites for hydroxylation is 1. The Balaban J connectivity index is 1.91. The van der Waals surface area contributed by atoms with Gasteiger partial charge in [-0.2, -0.15) is 0 Å². The van der Waals surface area contributed by atoms with Crippen molar-refractivity contribution < 1.29 is 32.4 Å². The van der Waals surface area contributed by atoms with Crippen molar-refractivity contribution in [3.8, 4) is 11.5 Å². The summed E-state index contributed by atoms with van der Waals surface area (Å²) in [7, 11) is -1.85. The fourth-order valence-electron chi connectivity index (χ4n) is 5.41. The molecule has 2 atom stereocenters. The lowest BCUT2D eigenvalue weighted by molar-refractivity contribution is -0.385. The second-order valence-electron chi connectivity index (χ2n) is 11.9. The van der Waals surface area contributed by atoms with Gasteiger partial charge in [-0.1, -0.05) is 67.1 Å². The third-order valence-electron chi connectivity index (χ3n) is 8.41. The van der Waals surface area contributed by atoms with Gasteiger partial charge in [-0.05, 0) is 67.8 Å². The zero-order valence-corrected chi connectivity index (χ0v) is 30.6. The van der Waals surface area contributed by atoms with Gasteiger partial charge in [-0.15, -0.1) is 0 Å². The quantitative estimate of drug-likeness (QED) is 0.104. The minimum absolute atomic E-state index is 0.0760. The number of amides is 2. The predicted octanol–water partition coefficient (Wildman–Crippen LogP) is 6.32. The van der Waals surface area contributed by atoms with E-state index < -0.39 is 49.9 Å². The Morgan fingerprint density at radius 2 is 1.65 bits per heavy atom. The van der Waals surface area contributed by atoms with E-state index in [0.29, 0.717) is 17.7 Å². The molecule has 0 unspecified atom stereocenters. The van der Waals surface area contributed by atoms with Crippen molar-refractivity contribution in [3.05, 3.63) is 123 Å². The Morgan fingerprint density at radius 3 is 2.29 bits per heavy atom. The van der Waals surface area contributed by atoms with Gasteiger partial charge in [0.25, 0.3) is 15.7 Å². The number of nitrogens with one attached hydrogen (secondary N) is 1. The number of nitro groups is 1. The zero-order valence-electron chi connectivity index (χ0n) is 29.0. The molecule has 0 saturated heterocycles. The van der Waals surface area contributed by atoms with E-state index in [4.69, 9.17) is 21.1 Å². The van der Waals surface area contributed by atoms with E-state index in [1.165, 1.54) is 56.4 Å². The third-order valence-corrected chi connectivity index (χ3v) is 10.4. The van der Waals surface area contributed by atoms with Crippen molar-refractivity contribution in [3.63, 3.8) is 0 Å². The minimum atomic E-state index is -4.69. The molecule has 51 heavy (non-hydrogen) atoms.